The number of hydrogen-bond donors (Lipinski definition) is 0. The van der Waals surface area contributed by atoms with Gasteiger partial charge in [-0.05, 0) is 54.2 Å². The first-order chi connectivity index (χ1) is 11.1. The van der Waals surface area contributed by atoms with Crippen molar-refractivity contribution in [2.75, 3.05) is 11.4 Å². The number of fused-ring (bicyclic) bond motifs is 1. The summed E-state index contributed by atoms with van der Waals surface area (Å²) in [5.41, 5.74) is 2.25. The Morgan fingerprint density at radius 1 is 1.13 bits per heavy atom. The third-order valence-electron chi connectivity index (χ3n) is 4.52. The first-order valence-electron chi connectivity index (χ1n) is 8.21. The van der Waals surface area contributed by atoms with E-state index in [9.17, 15) is 4.79 Å². The van der Waals surface area contributed by atoms with Crippen molar-refractivity contribution in [3.8, 4) is 11.5 Å². The van der Waals surface area contributed by atoms with Crippen molar-refractivity contribution in [1.29, 1.82) is 0 Å². The van der Waals surface area contributed by atoms with Crippen molar-refractivity contribution < 1.29 is 9.53 Å². The molecule has 1 aliphatic heterocycles. The standard InChI is InChI=1S/C20H23NO2/c1-14(2)18-11-12-21(15(3)22)20-10-9-17(13-19(18)20)23-16-7-5-4-6-8-16/h4-10,13-14,18H,11-12H2,1-3H3. The molecular formula is C20H23NO2. The van der Waals surface area contributed by atoms with Gasteiger partial charge >= 0.3 is 0 Å². The highest BCUT2D eigenvalue weighted by Crippen LogP contribution is 2.41. The van der Waals surface area contributed by atoms with Crippen LogP contribution in [0.15, 0.2) is 48.5 Å². The highest BCUT2D eigenvalue weighted by atomic mass is 16.5. The molecule has 0 spiro atoms. The molecule has 3 rings (SSSR count). The summed E-state index contributed by atoms with van der Waals surface area (Å²) in [7, 11) is 0. The van der Waals surface area contributed by atoms with E-state index in [-0.39, 0.29) is 5.91 Å². The Kier molecular flexibility index (Phi) is 4.37. The smallest absolute Gasteiger partial charge is 0.223 e. The lowest BCUT2D eigenvalue weighted by Crippen LogP contribution is -2.36. The predicted molar refractivity (Wildman–Crippen MR) is 93.2 cm³/mol. The zero-order valence-corrected chi connectivity index (χ0v) is 14.0. The van der Waals surface area contributed by atoms with Crippen LogP contribution in [0.1, 0.15) is 38.7 Å². The van der Waals surface area contributed by atoms with Gasteiger partial charge in [0, 0.05) is 19.2 Å². The largest absolute Gasteiger partial charge is 0.457 e. The predicted octanol–water partition coefficient (Wildman–Crippen LogP) is 4.98. The maximum absolute atomic E-state index is 11.9. The van der Waals surface area contributed by atoms with E-state index in [4.69, 9.17) is 4.74 Å². The van der Waals surface area contributed by atoms with Gasteiger partial charge in [0.1, 0.15) is 11.5 Å². The van der Waals surface area contributed by atoms with E-state index in [2.05, 4.69) is 19.9 Å². The van der Waals surface area contributed by atoms with Crippen molar-refractivity contribution >= 4 is 11.6 Å². The average Bonchev–Trinajstić information content (AvgIpc) is 2.54. The Morgan fingerprint density at radius 3 is 2.52 bits per heavy atom. The Hall–Kier alpha value is -2.29. The van der Waals surface area contributed by atoms with Gasteiger partial charge in [0.2, 0.25) is 5.91 Å². The summed E-state index contributed by atoms with van der Waals surface area (Å²) >= 11 is 0. The van der Waals surface area contributed by atoms with Crippen LogP contribution in [0.25, 0.3) is 0 Å². The summed E-state index contributed by atoms with van der Waals surface area (Å²) in [6.45, 7) is 6.91. The molecule has 120 valence electrons. The van der Waals surface area contributed by atoms with Crippen molar-refractivity contribution in [2.45, 2.75) is 33.1 Å². The minimum atomic E-state index is 0.102. The van der Waals surface area contributed by atoms with E-state index in [1.165, 1.54) is 5.56 Å². The molecule has 1 heterocycles. The minimum Gasteiger partial charge on any atom is -0.457 e. The number of rotatable bonds is 3. The number of anilines is 1. The summed E-state index contributed by atoms with van der Waals surface area (Å²) in [6, 6.07) is 15.8. The molecule has 2 aromatic rings. The highest BCUT2D eigenvalue weighted by Gasteiger charge is 2.29. The number of nitrogens with zero attached hydrogens (tertiary/aromatic N) is 1. The highest BCUT2D eigenvalue weighted by molar-refractivity contribution is 5.93. The first kappa shape index (κ1) is 15.6. The summed E-state index contributed by atoms with van der Waals surface area (Å²) in [5.74, 6) is 2.75. The molecule has 1 atom stereocenters. The zero-order chi connectivity index (χ0) is 16.4. The number of carbonyl (C=O) groups excluding carboxylic acids is 1. The quantitative estimate of drug-likeness (QED) is 0.800. The molecule has 1 amide bonds. The molecule has 0 saturated carbocycles. The van der Waals surface area contributed by atoms with Gasteiger partial charge in [0.25, 0.3) is 0 Å². The molecule has 0 aliphatic carbocycles. The first-order valence-corrected chi connectivity index (χ1v) is 8.21. The molecule has 1 unspecified atom stereocenters. The molecule has 0 N–H and O–H groups in total. The van der Waals surface area contributed by atoms with Crippen LogP contribution >= 0.6 is 0 Å². The van der Waals surface area contributed by atoms with Gasteiger partial charge in [-0.1, -0.05) is 32.0 Å². The molecule has 0 aromatic heterocycles. The Morgan fingerprint density at radius 2 is 1.87 bits per heavy atom. The number of ether oxygens (including phenoxy) is 1. The summed E-state index contributed by atoms with van der Waals surface area (Å²) in [4.78, 5) is 13.8. The van der Waals surface area contributed by atoms with Gasteiger partial charge in [-0.2, -0.15) is 0 Å². The van der Waals surface area contributed by atoms with Crippen LogP contribution in [-0.2, 0) is 4.79 Å². The van der Waals surface area contributed by atoms with E-state index in [1.54, 1.807) is 6.92 Å². The van der Waals surface area contributed by atoms with Gasteiger partial charge < -0.3 is 9.64 Å². The minimum absolute atomic E-state index is 0.102. The molecule has 1 aliphatic rings. The fourth-order valence-electron chi connectivity index (χ4n) is 3.33. The molecule has 0 radical (unpaired) electrons. The van der Waals surface area contributed by atoms with Crippen LogP contribution in [0.5, 0.6) is 11.5 Å². The van der Waals surface area contributed by atoms with Crippen LogP contribution in [0.2, 0.25) is 0 Å². The maximum atomic E-state index is 11.9. The number of amides is 1. The maximum Gasteiger partial charge on any atom is 0.223 e. The Bertz CT molecular complexity index is 694. The fourth-order valence-corrected chi connectivity index (χ4v) is 3.33. The summed E-state index contributed by atoms with van der Waals surface area (Å²) in [5, 5.41) is 0. The molecule has 23 heavy (non-hydrogen) atoms. The molecule has 0 saturated heterocycles. The molecule has 0 fully saturated rings. The van der Waals surface area contributed by atoms with E-state index >= 15 is 0 Å². The van der Waals surface area contributed by atoms with E-state index in [1.807, 2.05) is 47.4 Å². The number of carbonyl (C=O) groups is 1. The SMILES string of the molecule is CC(=O)N1CCC(C(C)C)c2cc(Oc3ccccc3)ccc21. The van der Waals surface area contributed by atoms with Gasteiger partial charge in [-0.15, -0.1) is 0 Å². The van der Waals surface area contributed by atoms with Crippen molar-refractivity contribution in [1.82, 2.24) is 0 Å². The van der Waals surface area contributed by atoms with Gasteiger partial charge in [-0.25, -0.2) is 0 Å². The summed E-state index contributed by atoms with van der Waals surface area (Å²) in [6.07, 6.45) is 0.999. The van der Waals surface area contributed by atoms with Crippen LogP contribution in [0.4, 0.5) is 5.69 Å². The second-order valence-corrected chi connectivity index (χ2v) is 6.45. The summed E-state index contributed by atoms with van der Waals surface area (Å²) < 4.78 is 5.96. The third kappa shape index (κ3) is 3.24. The van der Waals surface area contributed by atoms with Gasteiger partial charge in [0.05, 0.1) is 0 Å². The van der Waals surface area contributed by atoms with Gasteiger partial charge in [0.15, 0.2) is 0 Å². The monoisotopic (exact) mass is 309 g/mol. The normalized spacial score (nSPS) is 17.0. The van der Waals surface area contributed by atoms with Crippen LogP contribution in [-0.4, -0.2) is 12.5 Å². The fraction of sp³-hybridized carbons (Fsp3) is 0.350. The number of hydrogen-bond acceptors (Lipinski definition) is 2. The van der Waals surface area contributed by atoms with E-state index in [0.29, 0.717) is 11.8 Å². The molecule has 3 heteroatoms. The zero-order valence-electron chi connectivity index (χ0n) is 14.0. The lowest BCUT2D eigenvalue weighted by Gasteiger charge is -2.36. The van der Waals surface area contributed by atoms with Crippen LogP contribution in [0, 0.1) is 5.92 Å². The van der Waals surface area contributed by atoms with E-state index in [0.717, 1.165) is 30.2 Å². The second-order valence-electron chi connectivity index (χ2n) is 6.45. The lowest BCUT2D eigenvalue weighted by atomic mass is 9.82. The van der Waals surface area contributed by atoms with Crippen LogP contribution < -0.4 is 9.64 Å². The molecule has 2 aromatic carbocycles. The molecule has 0 bridgehead atoms. The second kappa shape index (κ2) is 6.45. The van der Waals surface area contributed by atoms with Crippen molar-refractivity contribution in [2.24, 2.45) is 5.92 Å². The van der Waals surface area contributed by atoms with E-state index < -0.39 is 0 Å². The van der Waals surface area contributed by atoms with Crippen LogP contribution in [0.3, 0.4) is 0 Å². The Labute approximate surface area is 137 Å². The van der Waals surface area contributed by atoms with Gasteiger partial charge in [-0.3, -0.25) is 4.79 Å². The molecule has 3 nitrogen and oxygen atoms in total. The topological polar surface area (TPSA) is 29.5 Å². The Balaban J connectivity index is 1.97. The third-order valence-corrected chi connectivity index (χ3v) is 4.52. The average molecular weight is 309 g/mol. The van der Waals surface area contributed by atoms with Crippen molar-refractivity contribution in [3.63, 3.8) is 0 Å². The molecular weight excluding hydrogens is 286 g/mol. The lowest BCUT2D eigenvalue weighted by molar-refractivity contribution is -0.116. The number of benzene rings is 2. The number of para-hydroxylation sites is 1. The van der Waals surface area contributed by atoms with Crippen molar-refractivity contribution in [3.05, 3.63) is 54.1 Å².